The van der Waals surface area contributed by atoms with E-state index in [1.165, 1.54) is 12.8 Å². The van der Waals surface area contributed by atoms with E-state index in [2.05, 4.69) is 22.3 Å². The van der Waals surface area contributed by atoms with Gasteiger partial charge in [-0.05, 0) is 32.6 Å². The standard InChI is InChI=1S/C11H19ClN4/c1-2-16-11(14-8-15-16)7-13-10-5-3-9(12)4-6-10/h8-10,13H,2-7H2,1H3. The van der Waals surface area contributed by atoms with Crippen molar-refractivity contribution in [1.82, 2.24) is 20.1 Å². The van der Waals surface area contributed by atoms with Gasteiger partial charge in [-0.1, -0.05) is 0 Å². The highest BCUT2D eigenvalue weighted by Crippen LogP contribution is 2.22. The van der Waals surface area contributed by atoms with Crippen LogP contribution in [0.25, 0.3) is 0 Å². The first-order chi connectivity index (χ1) is 7.79. The molecule has 0 atom stereocenters. The molecule has 90 valence electrons. The second-order valence-electron chi connectivity index (χ2n) is 4.32. The highest BCUT2D eigenvalue weighted by atomic mass is 35.5. The van der Waals surface area contributed by atoms with E-state index in [-0.39, 0.29) is 0 Å². The van der Waals surface area contributed by atoms with E-state index in [1.54, 1.807) is 6.33 Å². The minimum atomic E-state index is 0.386. The highest BCUT2D eigenvalue weighted by molar-refractivity contribution is 6.20. The van der Waals surface area contributed by atoms with Crippen LogP contribution in [0.15, 0.2) is 6.33 Å². The molecule has 0 amide bonds. The van der Waals surface area contributed by atoms with Crippen LogP contribution in [0, 0.1) is 0 Å². The third-order valence-corrected chi connectivity index (χ3v) is 3.64. The molecule has 0 aromatic carbocycles. The van der Waals surface area contributed by atoms with Crippen molar-refractivity contribution in [3.8, 4) is 0 Å². The fourth-order valence-electron chi connectivity index (χ4n) is 2.18. The number of hydrogen-bond acceptors (Lipinski definition) is 3. The van der Waals surface area contributed by atoms with Gasteiger partial charge in [0.2, 0.25) is 0 Å². The molecule has 0 unspecified atom stereocenters. The van der Waals surface area contributed by atoms with Gasteiger partial charge in [0.25, 0.3) is 0 Å². The van der Waals surface area contributed by atoms with Gasteiger partial charge < -0.3 is 5.32 Å². The van der Waals surface area contributed by atoms with Crippen LogP contribution in [0.4, 0.5) is 0 Å². The lowest BCUT2D eigenvalue weighted by molar-refractivity contribution is 0.369. The van der Waals surface area contributed by atoms with Crippen molar-refractivity contribution in [2.24, 2.45) is 0 Å². The summed E-state index contributed by atoms with van der Waals surface area (Å²) in [5.74, 6) is 1.02. The molecule has 4 nitrogen and oxygen atoms in total. The average molecular weight is 243 g/mol. The van der Waals surface area contributed by atoms with E-state index >= 15 is 0 Å². The molecule has 1 N–H and O–H groups in total. The number of aromatic nitrogens is 3. The molecule has 1 heterocycles. The SMILES string of the molecule is CCn1ncnc1CNC1CCC(Cl)CC1. The molecule has 1 fully saturated rings. The number of hydrogen-bond donors (Lipinski definition) is 1. The molecule has 1 aliphatic rings. The van der Waals surface area contributed by atoms with Crippen molar-refractivity contribution in [3.63, 3.8) is 0 Å². The zero-order chi connectivity index (χ0) is 11.4. The first kappa shape index (κ1) is 11.9. The van der Waals surface area contributed by atoms with Crippen LogP contribution in [0.3, 0.4) is 0 Å². The molecule has 2 rings (SSSR count). The van der Waals surface area contributed by atoms with E-state index in [1.807, 2.05) is 4.68 Å². The highest BCUT2D eigenvalue weighted by Gasteiger charge is 2.19. The molecule has 0 saturated heterocycles. The number of aryl methyl sites for hydroxylation is 1. The second kappa shape index (κ2) is 5.64. The van der Waals surface area contributed by atoms with Crippen LogP contribution >= 0.6 is 11.6 Å². The Morgan fingerprint density at radius 2 is 2.19 bits per heavy atom. The summed E-state index contributed by atoms with van der Waals surface area (Å²) < 4.78 is 1.93. The summed E-state index contributed by atoms with van der Waals surface area (Å²) in [4.78, 5) is 4.25. The van der Waals surface area contributed by atoms with Crippen LogP contribution in [-0.4, -0.2) is 26.2 Å². The zero-order valence-corrected chi connectivity index (χ0v) is 10.5. The van der Waals surface area contributed by atoms with Gasteiger partial charge in [-0.3, -0.25) is 0 Å². The fourth-order valence-corrected chi connectivity index (χ4v) is 2.43. The van der Waals surface area contributed by atoms with Crippen molar-refractivity contribution in [1.29, 1.82) is 0 Å². The normalized spacial score (nSPS) is 25.9. The number of halogens is 1. The quantitative estimate of drug-likeness (QED) is 0.821. The van der Waals surface area contributed by atoms with E-state index in [0.29, 0.717) is 11.4 Å². The average Bonchev–Trinajstić information content (AvgIpc) is 2.76. The fraction of sp³-hybridized carbons (Fsp3) is 0.818. The lowest BCUT2D eigenvalue weighted by Crippen LogP contribution is -2.33. The Balaban J connectivity index is 1.79. The third-order valence-electron chi connectivity index (χ3n) is 3.20. The first-order valence-corrected chi connectivity index (χ1v) is 6.47. The lowest BCUT2D eigenvalue weighted by atomic mass is 9.95. The molecule has 0 spiro atoms. The first-order valence-electron chi connectivity index (χ1n) is 6.03. The Hall–Kier alpha value is -0.610. The largest absolute Gasteiger partial charge is 0.307 e. The van der Waals surface area contributed by atoms with Crippen molar-refractivity contribution in [2.75, 3.05) is 0 Å². The molecule has 1 aromatic rings. The van der Waals surface area contributed by atoms with Crippen LogP contribution in [0.2, 0.25) is 0 Å². The van der Waals surface area contributed by atoms with Crippen molar-refractivity contribution >= 4 is 11.6 Å². The molecular formula is C11H19ClN4. The number of nitrogens with zero attached hydrogens (tertiary/aromatic N) is 3. The summed E-state index contributed by atoms with van der Waals surface area (Å²) in [5.41, 5.74) is 0. The summed E-state index contributed by atoms with van der Waals surface area (Å²) in [6.45, 7) is 3.77. The maximum Gasteiger partial charge on any atom is 0.140 e. The van der Waals surface area contributed by atoms with Gasteiger partial charge >= 0.3 is 0 Å². The molecule has 5 heteroatoms. The summed E-state index contributed by atoms with van der Waals surface area (Å²) in [7, 11) is 0. The maximum atomic E-state index is 6.08. The minimum Gasteiger partial charge on any atom is -0.307 e. The van der Waals surface area contributed by atoms with Gasteiger partial charge in [-0.15, -0.1) is 11.6 Å². The molecule has 1 aromatic heterocycles. The number of nitrogens with one attached hydrogen (secondary N) is 1. The van der Waals surface area contributed by atoms with Crippen LogP contribution in [-0.2, 0) is 13.1 Å². The monoisotopic (exact) mass is 242 g/mol. The lowest BCUT2D eigenvalue weighted by Gasteiger charge is -2.25. The number of alkyl halides is 1. The van der Waals surface area contributed by atoms with Crippen LogP contribution in [0.1, 0.15) is 38.4 Å². The molecule has 1 aliphatic carbocycles. The van der Waals surface area contributed by atoms with Gasteiger partial charge in [0.1, 0.15) is 12.2 Å². The Bertz CT molecular complexity index is 318. The van der Waals surface area contributed by atoms with E-state index in [0.717, 1.165) is 31.8 Å². The van der Waals surface area contributed by atoms with E-state index in [9.17, 15) is 0 Å². The maximum absolute atomic E-state index is 6.08. The Morgan fingerprint density at radius 3 is 2.88 bits per heavy atom. The van der Waals surface area contributed by atoms with Gasteiger partial charge in [0.15, 0.2) is 0 Å². The van der Waals surface area contributed by atoms with Crippen molar-refractivity contribution in [2.45, 2.75) is 57.1 Å². The Kier molecular flexibility index (Phi) is 4.18. The molecule has 0 bridgehead atoms. The summed E-state index contributed by atoms with van der Waals surface area (Å²) in [6.07, 6.45) is 6.22. The van der Waals surface area contributed by atoms with E-state index < -0.39 is 0 Å². The number of rotatable bonds is 4. The van der Waals surface area contributed by atoms with Gasteiger partial charge in [-0.25, -0.2) is 9.67 Å². The van der Waals surface area contributed by atoms with E-state index in [4.69, 9.17) is 11.6 Å². The molecule has 16 heavy (non-hydrogen) atoms. The second-order valence-corrected chi connectivity index (χ2v) is 4.94. The predicted molar refractivity (Wildman–Crippen MR) is 64.4 cm³/mol. The van der Waals surface area contributed by atoms with Crippen LogP contribution in [0.5, 0.6) is 0 Å². The third kappa shape index (κ3) is 2.95. The van der Waals surface area contributed by atoms with Crippen LogP contribution < -0.4 is 5.32 Å². The minimum absolute atomic E-state index is 0.386. The van der Waals surface area contributed by atoms with Gasteiger partial charge in [0, 0.05) is 18.0 Å². The molecule has 0 radical (unpaired) electrons. The predicted octanol–water partition coefficient (Wildman–Crippen LogP) is 1.94. The molecule has 0 aliphatic heterocycles. The van der Waals surface area contributed by atoms with Crippen molar-refractivity contribution in [3.05, 3.63) is 12.2 Å². The Labute approximate surface area is 101 Å². The summed E-state index contributed by atoms with van der Waals surface area (Å²) >= 11 is 6.08. The Morgan fingerprint density at radius 1 is 1.44 bits per heavy atom. The van der Waals surface area contributed by atoms with Gasteiger partial charge in [0.05, 0.1) is 6.54 Å². The molecular weight excluding hydrogens is 224 g/mol. The summed E-state index contributed by atoms with van der Waals surface area (Å²) in [5, 5.41) is 8.08. The molecule has 1 saturated carbocycles. The van der Waals surface area contributed by atoms with Gasteiger partial charge in [-0.2, -0.15) is 5.10 Å². The zero-order valence-electron chi connectivity index (χ0n) is 9.69. The topological polar surface area (TPSA) is 42.7 Å². The van der Waals surface area contributed by atoms with Crippen molar-refractivity contribution < 1.29 is 0 Å². The summed E-state index contributed by atoms with van der Waals surface area (Å²) in [6, 6.07) is 0.594. The smallest absolute Gasteiger partial charge is 0.140 e.